The number of para-hydroxylation sites is 1. The van der Waals surface area contributed by atoms with Gasteiger partial charge in [-0.3, -0.25) is 4.90 Å². The molecule has 0 saturated carbocycles. The number of alkyl halides is 4. The maximum absolute atomic E-state index is 13.3. The van der Waals surface area contributed by atoms with E-state index in [1.54, 1.807) is 18.2 Å². The van der Waals surface area contributed by atoms with Crippen molar-refractivity contribution in [3.8, 4) is 5.75 Å². The number of benzene rings is 1. The summed E-state index contributed by atoms with van der Waals surface area (Å²) in [7, 11) is 0. The fourth-order valence-electron chi connectivity index (χ4n) is 2.66. The van der Waals surface area contributed by atoms with Gasteiger partial charge in [0.1, 0.15) is 5.75 Å². The first-order valence-electron chi connectivity index (χ1n) is 7.45. The summed E-state index contributed by atoms with van der Waals surface area (Å²) in [6, 6.07) is 5.86. The summed E-state index contributed by atoms with van der Waals surface area (Å²) in [5.74, 6) is -0.219. The Hall–Kier alpha value is -1.31. The quantitative estimate of drug-likeness (QED) is 0.584. The second-order valence-electron chi connectivity index (χ2n) is 5.33. The van der Waals surface area contributed by atoms with Gasteiger partial charge in [0.2, 0.25) is 0 Å². The number of nitrogens with one attached hydrogen (secondary N) is 1. The maximum Gasteiger partial charge on any atom is 0.461 e. The van der Waals surface area contributed by atoms with Gasteiger partial charge < -0.3 is 10.1 Å². The van der Waals surface area contributed by atoms with E-state index in [0.29, 0.717) is 12.0 Å². The van der Waals surface area contributed by atoms with Gasteiger partial charge in [0.05, 0.1) is 0 Å². The topological polar surface area (TPSA) is 24.5 Å². The molecule has 1 heterocycles. The van der Waals surface area contributed by atoms with E-state index in [0.717, 1.165) is 26.2 Å². The van der Waals surface area contributed by atoms with Crippen LogP contribution in [0.5, 0.6) is 5.75 Å². The number of hydrogen-bond acceptors (Lipinski definition) is 3. The molecule has 8 heteroatoms. The number of piperazine rings is 1. The lowest BCUT2D eigenvalue weighted by atomic mass is 10.00. The van der Waals surface area contributed by atoms with E-state index in [4.69, 9.17) is 0 Å². The molecule has 0 bridgehead atoms. The number of rotatable bonds is 7. The third kappa shape index (κ3) is 5.09. The van der Waals surface area contributed by atoms with Gasteiger partial charge in [-0.05, 0) is 12.5 Å². The van der Waals surface area contributed by atoms with Crippen molar-refractivity contribution in [3.63, 3.8) is 0 Å². The van der Waals surface area contributed by atoms with E-state index in [2.05, 4.69) is 21.5 Å². The highest BCUT2D eigenvalue weighted by Gasteiger charge is 2.44. The van der Waals surface area contributed by atoms with Gasteiger partial charge in [-0.15, -0.1) is 19.0 Å². The second kappa shape index (κ2) is 9.25. The van der Waals surface area contributed by atoms with Crippen LogP contribution in [0, 0.1) is 0 Å². The van der Waals surface area contributed by atoms with Gasteiger partial charge in [-0.2, -0.15) is 17.6 Å². The summed E-state index contributed by atoms with van der Waals surface area (Å²) in [5.41, 5.74) is 0.467. The van der Waals surface area contributed by atoms with Gasteiger partial charge >= 0.3 is 12.5 Å². The number of hydrogen-bond donors (Lipinski definition) is 1. The van der Waals surface area contributed by atoms with Crippen LogP contribution in [0.3, 0.4) is 0 Å². The van der Waals surface area contributed by atoms with Crippen molar-refractivity contribution in [2.45, 2.75) is 25.0 Å². The average Bonchev–Trinajstić information content (AvgIpc) is 2.54. The Morgan fingerprint density at radius 1 is 1.25 bits per heavy atom. The van der Waals surface area contributed by atoms with Gasteiger partial charge in [-0.25, -0.2) is 0 Å². The molecule has 1 N–H and O–H groups in total. The van der Waals surface area contributed by atoms with Crippen LogP contribution >= 0.6 is 12.4 Å². The molecular formula is C16H21ClF4N2O. The van der Waals surface area contributed by atoms with Crippen molar-refractivity contribution in [3.05, 3.63) is 42.5 Å². The lowest BCUT2D eigenvalue weighted by molar-refractivity contribution is -0.253. The molecule has 0 radical (unpaired) electrons. The lowest BCUT2D eigenvalue weighted by Gasteiger charge is -2.35. The molecule has 1 fully saturated rings. The summed E-state index contributed by atoms with van der Waals surface area (Å²) in [4.78, 5) is 2.11. The van der Waals surface area contributed by atoms with Crippen LogP contribution in [-0.2, 0) is 0 Å². The van der Waals surface area contributed by atoms with E-state index in [9.17, 15) is 17.6 Å². The normalized spacial score (nSPS) is 17.2. The van der Waals surface area contributed by atoms with Crippen LogP contribution in [0.25, 0.3) is 0 Å². The predicted molar refractivity (Wildman–Crippen MR) is 87.3 cm³/mol. The molecule has 0 aromatic heterocycles. The molecule has 3 nitrogen and oxygen atoms in total. The molecule has 1 aliphatic rings. The summed E-state index contributed by atoms with van der Waals surface area (Å²) in [6.45, 7) is 6.73. The van der Waals surface area contributed by atoms with Crippen molar-refractivity contribution in [1.82, 2.24) is 10.2 Å². The summed E-state index contributed by atoms with van der Waals surface area (Å²) >= 11 is 0. The second-order valence-corrected chi connectivity index (χ2v) is 5.33. The van der Waals surface area contributed by atoms with Crippen LogP contribution in [0.1, 0.15) is 18.0 Å². The van der Waals surface area contributed by atoms with E-state index < -0.39 is 12.5 Å². The van der Waals surface area contributed by atoms with Crippen molar-refractivity contribution in [2.75, 3.05) is 26.2 Å². The van der Waals surface area contributed by atoms with E-state index in [1.807, 2.05) is 0 Å². The zero-order valence-corrected chi connectivity index (χ0v) is 13.9. The largest absolute Gasteiger partial charge is 0.461 e. The Labute approximate surface area is 145 Å². The highest BCUT2D eigenvalue weighted by molar-refractivity contribution is 5.85. The first-order chi connectivity index (χ1) is 11.0. The molecule has 24 heavy (non-hydrogen) atoms. The Balaban J connectivity index is 0.00000288. The van der Waals surface area contributed by atoms with Crippen molar-refractivity contribution >= 4 is 12.4 Å². The molecular weight excluding hydrogens is 348 g/mol. The Kier molecular flexibility index (Phi) is 7.99. The van der Waals surface area contributed by atoms with Gasteiger partial charge in [0.25, 0.3) is 0 Å². The van der Waals surface area contributed by atoms with E-state index in [1.165, 1.54) is 12.1 Å². The summed E-state index contributed by atoms with van der Waals surface area (Å²) in [6.07, 6.45) is -6.19. The molecule has 0 unspecified atom stereocenters. The molecule has 1 atom stereocenters. The van der Waals surface area contributed by atoms with Crippen LogP contribution in [-0.4, -0.2) is 43.6 Å². The van der Waals surface area contributed by atoms with E-state index >= 15 is 0 Å². The molecule has 0 aliphatic carbocycles. The maximum atomic E-state index is 13.3. The van der Waals surface area contributed by atoms with Crippen LogP contribution in [0.15, 0.2) is 36.9 Å². The number of ether oxygens (including phenoxy) is 1. The molecule has 0 spiro atoms. The van der Waals surface area contributed by atoms with Gasteiger partial charge in [0.15, 0.2) is 0 Å². The first-order valence-corrected chi connectivity index (χ1v) is 7.45. The highest BCUT2D eigenvalue weighted by atomic mass is 35.5. The minimum atomic E-state index is -4.52. The lowest BCUT2D eigenvalue weighted by Crippen LogP contribution is -2.45. The monoisotopic (exact) mass is 368 g/mol. The Bertz CT molecular complexity index is 525. The molecule has 1 aliphatic heterocycles. The van der Waals surface area contributed by atoms with Crippen LogP contribution < -0.4 is 10.1 Å². The molecule has 2 rings (SSSR count). The Morgan fingerprint density at radius 3 is 2.46 bits per heavy atom. The van der Waals surface area contributed by atoms with Crippen molar-refractivity contribution in [2.24, 2.45) is 0 Å². The smallest absolute Gasteiger partial charge is 0.428 e. The molecule has 136 valence electrons. The number of nitrogens with zero attached hydrogens (tertiary/aromatic N) is 1. The van der Waals surface area contributed by atoms with Crippen LogP contribution in [0.2, 0.25) is 0 Å². The standard InChI is InChI=1S/C16H20F4N2O.ClH/c1-2-5-13(22-10-8-21-9-11-22)12-6-3-4-7-14(12)23-16(19,20)15(17)18;/h2-4,6-7,13,15,21H,1,5,8-11H2;1H/t13-;/m0./s1. The van der Waals surface area contributed by atoms with E-state index in [-0.39, 0.29) is 24.2 Å². The third-order valence-electron chi connectivity index (χ3n) is 3.76. The molecule has 1 aromatic rings. The van der Waals surface area contributed by atoms with Crippen molar-refractivity contribution < 1.29 is 22.3 Å². The zero-order valence-electron chi connectivity index (χ0n) is 13.1. The SMILES string of the molecule is C=CC[C@@H](c1ccccc1OC(F)(F)C(F)F)N1CCNCC1.Cl. The minimum Gasteiger partial charge on any atom is -0.428 e. The van der Waals surface area contributed by atoms with Crippen molar-refractivity contribution in [1.29, 1.82) is 0 Å². The summed E-state index contributed by atoms with van der Waals surface area (Å²) < 4.78 is 55.8. The minimum absolute atomic E-state index is 0. The average molecular weight is 369 g/mol. The highest BCUT2D eigenvalue weighted by Crippen LogP contribution is 2.36. The third-order valence-corrected chi connectivity index (χ3v) is 3.76. The van der Waals surface area contributed by atoms with Crippen LogP contribution in [0.4, 0.5) is 17.6 Å². The Morgan fingerprint density at radius 2 is 1.88 bits per heavy atom. The predicted octanol–water partition coefficient (Wildman–Crippen LogP) is 3.87. The van der Waals surface area contributed by atoms with Gasteiger partial charge in [-0.1, -0.05) is 24.3 Å². The van der Waals surface area contributed by atoms with Gasteiger partial charge in [0, 0.05) is 37.8 Å². The number of halogens is 5. The summed E-state index contributed by atoms with van der Waals surface area (Å²) in [5, 5.41) is 3.21. The fraction of sp³-hybridized carbons (Fsp3) is 0.500. The molecule has 1 aromatic carbocycles. The molecule has 0 amide bonds. The fourth-order valence-corrected chi connectivity index (χ4v) is 2.66. The zero-order chi connectivity index (χ0) is 16.9. The first kappa shape index (κ1) is 20.7. The molecule has 1 saturated heterocycles.